The fraction of sp³-hybridized carbons (Fsp3) is 0.421. The lowest BCUT2D eigenvalue weighted by atomic mass is 9.94. The highest BCUT2D eigenvalue weighted by molar-refractivity contribution is 7.92. The van der Waals surface area contributed by atoms with Gasteiger partial charge in [-0.15, -0.1) is 11.3 Å². The van der Waals surface area contributed by atoms with E-state index in [0.717, 1.165) is 23.2 Å². The molecule has 0 radical (unpaired) electrons. The third-order valence-electron chi connectivity index (χ3n) is 4.33. The second-order valence-corrected chi connectivity index (χ2v) is 9.76. The van der Waals surface area contributed by atoms with Gasteiger partial charge in [0.2, 0.25) is 15.9 Å². The zero-order valence-electron chi connectivity index (χ0n) is 17.3. The number of aliphatic hydroxyl groups is 2. The van der Waals surface area contributed by atoms with Crippen LogP contribution >= 0.6 is 11.3 Å². The highest BCUT2D eigenvalue weighted by Crippen LogP contribution is 2.18. The van der Waals surface area contributed by atoms with Gasteiger partial charge in [0.1, 0.15) is 17.9 Å². The van der Waals surface area contributed by atoms with Crippen molar-refractivity contribution in [2.24, 2.45) is 0 Å². The molecule has 31 heavy (non-hydrogen) atoms. The van der Waals surface area contributed by atoms with Crippen LogP contribution < -0.4 is 15.4 Å². The number of anilines is 1. The summed E-state index contributed by atoms with van der Waals surface area (Å²) in [5.41, 5.74) is 0.773. The number of carbonyl (C=O) groups excluding carboxylic acids is 2. The number of nitrogens with zero attached hydrogens (tertiary/aromatic N) is 1. The molecule has 0 spiro atoms. The fourth-order valence-corrected chi connectivity index (χ4v) is 4.43. The van der Waals surface area contributed by atoms with Crippen molar-refractivity contribution in [2.45, 2.75) is 44.6 Å². The molecule has 1 aromatic carbocycles. The second-order valence-electron chi connectivity index (χ2n) is 7.15. The monoisotopic (exact) mass is 470 g/mol. The standard InChI is InChI=1S/C19H26N4O6S2/c1-11(20-12(2)24)16(25)17(26)14(9-13-7-5-4-6-8-13)21-18(27)15-10-30-19(22-15)23-31(3,28)29/h4-8,10-11,14,16-17,25-26H,9H2,1-3H3,(H,20,24)(H,21,27)(H,22,23)/t11-,14+,16-,17-/m1/s1. The molecule has 0 aliphatic carbocycles. The number of hydrogen-bond acceptors (Lipinski definition) is 8. The number of aliphatic hydroxyl groups excluding tert-OH is 2. The van der Waals surface area contributed by atoms with Crippen LogP contribution in [0, 0.1) is 0 Å². The largest absolute Gasteiger partial charge is 0.388 e. The number of benzene rings is 1. The van der Waals surface area contributed by atoms with Crippen LogP contribution in [0.1, 0.15) is 29.9 Å². The predicted molar refractivity (Wildman–Crippen MR) is 117 cm³/mol. The molecule has 170 valence electrons. The normalized spacial score (nSPS) is 15.4. The van der Waals surface area contributed by atoms with Gasteiger partial charge >= 0.3 is 0 Å². The van der Waals surface area contributed by atoms with Gasteiger partial charge in [-0.1, -0.05) is 30.3 Å². The molecule has 0 aliphatic heterocycles. The summed E-state index contributed by atoms with van der Waals surface area (Å²) in [6.45, 7) is 2.84. The summed E-state index contributed by atoms with van der Waals surface area (Å²) in [5, 5.41) is 27.8. The van der Waals surface area contributed by atoms with E-state index in [2.05, 4.69) is 20.3 Å². The summed E-state index contributed by atoms with van der Waals surface area (Å²) >= 11 is 0.941. The lowest BCUT2D eigenvalue weighted by Gasteiger charge is -2.31. The SMILES string of the molecule is CC(=O)N[C@H](C)[C@@H](O)[C@H](O)[C@H](Cc1ccccc1)NC(=O)c1csc(NS(C)(=O)=O)n1. The van der Waals surface area contributed by atoms with Crippen molar-refractivity contribution in [1.82, 2.24) is 15.6 Å². The first-order valence-corrected chi connectivity index (χ1v) is 12.1. The Balaban J connectivity index is 2.19. The zero-order chi connectivity index (χ0) is 23.2. The van der Waals surface area contributed by atoms with Crippen molar-refractivity contribution in [3.8, 4) is 0 Å². The van der Waals surface area contributed by atoms with Crippen LogP contribution in [0.3, 0.4) is 0 Å². The molecule has 0 saturated carbocycles. The summed E-state index contributed by atoms with van der Waals surface area (Å²) in [6.07, 6.45) is -1.58. The first-order valence-electron chi connectivity index (χ1n) is 9.37. The molecule has 1 heterocycles. The minimum Gasteiger partial charge on any atom is -0.388 e. The molecular weight excluding hydrogens is 444 g/mol. The van der Waals surface area contributed by atoms with Gasteiger partial charge in [-0.3, -0.25) is 14.3 Å². The van der Waals surface area contributed by atoms with Crippen molar-refractivity contribution >= 4 is 38.3 Å². The van der Waals surface area contributed by atoms with Crippen molar-refractivity contribution < 1.29 is 28.2 Å². The molecule has 0 saturated heterocycles. The number of amides is 2. The van der Waals surface area contributed by atoms with Gasteiger partial charge in [-0.25, -0.2) is 13.4 Å². The maximum Gasteiger partial charge on any atom is 0.271 e. The van der Waals surface area contributed by atoms with Crippen LogP contribution in [0.15, 0.2) is 35.7 Å². The highest BCUT2D eigenvalue weighted by atomic mass is 32.2. The molecule has 0 bridgehead atoms. The molecule has 2 amide bonds. The molecular formula is C19H26N4O6S2. The van der Waals surface area contributed by atoms with E-state index in [1.165, 1.54) is 12.3 Å². The Morgan fingerprint density at radius 3 is 2.35 bits per heavy atom. The summed E-state index contributed by atoms with van der Waals surface area (Å²) in [7, 11) is -3.54. The van der Waals surface area contributed by atoms with Crippen molar-refractivity contribution in [1.29, 1.82) is 0 Å². The van der Waals surface area contributed by atoms with Crippen molar-refractivity contribution in [3.63, 3.8) is 0 Å². The summed E-state index contributed by atoms with van der Waals surface area (Å²) < 4.78 is 24.9. The van der Waals surface area contributed by atoms with E-state index in [9.17, 15) is 28.2 Å². The van der Waals surface area contributed by atoms with Gasteiger partial charge in [-0.05, 0) is 18.9 Å². The second kappa shape index (κ2) is 10.7. The number of aromatic nitrogens is 1. The van der Waals surface area contributed by atoms with Crippen LogP contribution in [0.4, 0.5) is 5.13 Å². The smallest absolute Gasteiger partial charge is 0.271 e. The lowest BCUT2D eigenvalue weighted by Crippen LogP contribution is -2.55. The maximum absolute atomic E-state index is 12.7. The number of sulfonamides is 1. The van der Waals surface area contributed by atoms with Crippen molar-refractivity contribution in [3.05, 3.63) is 47.0 Å². The van der Waals surface area contributed by atoms with E-state index in [-0.39, 0.29) is 23.2 Å². The molecule has 1 aromatic heterocycles. The van der Waals surface area contributed by atoms with Crippen LogP contribution in [0.5, 0.6) is 0 Å². The van der Waals surface area contributed by atoms with Gasteiger partial charge in [-0.2, -0.15) is 0 Å². The van der Waals surface area contributed by atoms with Gasteiger partial charge in [0, 0.05) is 12.3 Å². The van der Waals surface area contributed by atoms with E-state index in [4.69, 9.17) is 0 Å². The van der Waals surface area contributed by atoms with Crippen LogP contribution in [-0.4, -0.2) is 66.0 Å². The Bertz CT molecular complexity index is 996. The quantitative estimate of drug-likeness (QED) is 0.329. The number of thiazole rings is 1. The molecule has 2 rings (SSSR count). The molecule has 0 unspecified atom stereocenters. The van der Waals surface area contributed by atoms with Gasteiger partial charge in [0.15, 0.2) is 5.13 Å². The van der Waals surface area contributed by atoms with Crippen LogP contribution in [0.25, 0.3) is 0 Å². The van der Waals surface area contributed by atoms with E-state index in [1.54, 1.807) is 19.1 Å². The third kappa shape index (κ3) is 7.90. The summed E-state index contributed by atoms with van der Waals surface area (Å²) in [6, 6.07) is 7.40. The molecule has 0 aliphatic rings. The molecule has 4 atom stereocenters. The summed E-state index contributed by atoms with van der Waals surface area (Å²) in [5.74, 6) is -1.01. The number of nitrogens with one attached hydrogen (secondary N) is 3. The van der Waals surface area contributed by atoms with Crippen LogP contribution in [-0.2, 0) is 21.2 Å². The average Bonchev–Trinajstić information content (AvgIpc) is 3.13. The first kappa shape index (κ1) is 24.7. The topological polar surface area (TPSA) is 158 Å². The molecule has 0 fully saturated rings. The molecule has 10 nitrogen and oxygen atoms in total. The van der Waals surface area contributed by atoms with E-state index >= 15 is 0 Å². The number of hydrogen-bond donors (Lipinski definition) is 5. The van der Waals surface area contributed by atoms with E-state index < -0.39 is 40.2 Å². The van der Waals surface area contributed by atoms with Gasteiger partial charge in [0.25, 0.3) is 5.91 Å². The zero-order valence-corrected chi connectivity index (χ0v) is 18.9. The van der Waals surface area contributed by atoms with Gasteiger partial charge < -0.3 is 20.8 Å². The van der Waals surface area contributed by atoms with Gasteiger partial charge in [0.05, 0.1) is 18.3 Å². The first-order chi connectivity index (χ1) is 14.5. The fourth-order valence-electron chi connectivity index (χ4n) is 2.89. The minimum atomic E-state index is -3.54. The average molecular weight is 471 g/mol. The van der Waals surface area contributed by atoms with Crippen molar-refractivity contribution in [2.75, 3.05) is 11.0 Å². The molecule has 12 heteroatoms. The van der Waals surface area contributed by atoms with E-state index in [0.29, 0.717) is 0 Å². The van der Waals surface area contributed by atoms with Crippen LogP contribution in [0.2, 0.25) is 0 Å². The third-order valence-corrected chi connectivity index (χ3v) is 5.78. The highest BCUT2D eigenvalue weighted by Gasteiger charge is 2.32. The Hall–Kier alpha value is -2.54. The minimum absolute atomic E-state index is 0.0344. The molecule has 5 N–H and O–H groups in total. The van der Waals surface area contributed by atoms with E-state index in [1.807, 2.05) is 18.2 Å². The molecule has 2 aromatic rings. The Morgan fingerprint density at radius 1 is 1.13 bits per heavy atom. The maximum atomic E-state index is 12.7. The predicted octanol–water partition coefficient (Wildman–Crippen LogP) is 0.102. The Morgan fingerprint density at radius 2 is 1.77 bits per heavy atom. The lowest BCUT2D eigenvalue weighted by molar-refractivity contribution is -0.121. The Labute approximate surface area is 184 Å². The number of carbonyl (C=O) groups is 2. The number of rotatable bonds is 10. The Kier molecular flexibility index (Phi) is 8.51. The summed E-state index contributed by atoms with van der Waals surface area (Å²) in [4.78, 5) is 27.9.